The van der Waals surface area contributed by atoms with Gasteiger partial charge in [0.25, 0.3) is 0 Å². The Bertz CT molecular complexity index is 289. The zero-order valence-corrected chi connectivity index (χ0v) is 10.8. The molecule has 0 aliphatic heterocycles. The van der Waals surface area contributed by atoms with E-state index in [0.29, 0.717) is 0 Å². The number of carbonyl (C=O) groups excluding carboxylic acids is 1. The van der Waals surface area contributed by atoms with E-state index in [1.165, 1.54) is 0 Å². The number of carbonyl (C=O) groups is 1. The Morgan fingerprint density at radius 2 is 2.00 bits per heavy atom. The summed E-state index contributed by atoms with van der Waals surface area (Å²) in [5.74, 6) is 0.0873. The van der Waals surface area contributed by atoms with Crippen LogP contribution in [0.4, 0.5) is 0 Å². The molecule has 0 N–H and O–H groups in total. The molecule has 0 amide bonds. The lowest BCUT2D eigenvalue weighted by molar-refractivity contribution is -0.112. The second-order valence-corrected chi connectivity index (χ2v) is 4.06. The molecule has 2 heteroatoms. The van der Waals surface area contributed by atoms with Gasteiger partial charge in [-0.2, -0.15) is 0 Å². The van der Waals surface area contributed by atoms with Crippen molar-refractivity contribution in [3.8, 4) is 0 Å². The van der Waals surface area contributed by atoms with Crippen molar-refractivity contribution < 1.29 is 4.79 Å². The van der Waals surface area contributed by atoms with E-state index in [1.807, 2.05) is 13.1 Å². The van der Waals surface area contributed by atoms with E-state index in [-0.39, 0.29) is 5.78 Å². The average Bonchev–Trinajstić information content (AvgIpc) is 2.24. The molecular formula is C14H23NO. The van der Waals surface area contributed by atoms with Crippen molar-refractivity contribution >= 4 is 5.78 Å². The summed E-state index contributed by atoms with van der Waals surface area (Å²) in [5.41, 5.74) is 2.29. The van der Waals surface area contributed by atoms with Crippen molar-refractivity contribution in [3.63, 3.8) is 0 Å². The molecule has 0 aliphatic carbocycles. The fourth-order valence-electron chi connectivity index (χ4n) is 1.25. The topological polar surface area (TPSA) is 20.3 Å². The molecule has 0 aliphatic rings. The molecule has 0 saturated heterocycles. The van der Waals surface area contributed by atoms with E-state index in [2.05, 4.69) is 25.0 Å². The molecule has 2 nitrogen and oxygen atoms in total. The van der Waals surface area contributed by atoms with Gasteiger partial charge in [0.1, 0.15) is 0 Å². The largest absolute Gasteiger partial charge is 0.378 e. The maximum atomic E-state index is 10.7. The third kappa shape index (κ3) is 7.04. The summed E-state index contributed by atoms with van der Waals surface area (Å²) in [5, 5.41) is 0. The summed E-state index contributed by atoms with van der Waals surface area (Å²) in [6, 6.07) is 0. The highest BCUT2D eigenvalue weighted by Gasteiger charge is 2.00. The van der Waals surface area contributed by atoms with Gasteiger partial charge in [-0.25, -0.2) is 0 Å². The first-order chi connectivity index (χ1) is 7.47. The van der Waals surface area contributed by atoms with Crippen LogP contribution in [0.25, 0.3) is 0 Å². The lowest BCUT2D eigenvalue weighted by atomic mass is 10.1. The second kappa shape index (κ2) is 7.91. The SMILES string of the molecule is C=C(C/C=C\C(C)=O)CCN(C)C(=C)CC. The summed E-state index contributed by atoms with van der Waals surface area (Å²) in [6.45, 7) is 12.6. The van der Waals surface area contributed by atoms with Gasteiger partial charge in [0, 0.05) is 19.3 Å². The van der Waals surface area contributed by atoms with E-state index in [1.54, 1.807) is 13.0 Å². The summed E-state index contributed by atoms with van der Waals surface area (Å²) < 4.78 is 0. The minimum atomic E-state index is 0.0873. The molecule has 0 bridgehead atoms. The first kappa shape index (κ1) is 14.7. The van der Waals surface area contributed by atoms with Crippen molar-refractivity contribution in [1.29, 1.82) is 0 Å². The third-order valence-corrected chi connectivity index (χ3v) is 2.51. The molecule has 0 atom stereocenters. The molecule has 16 heavy (non-hydrogen) atoms. The van der Waals surface area contributed by atoms with Gasteiger partial charge in [0.05, 0.1) is 0 Å². The molecule has 0 aromatic rings. The monoisotopic (exact) mass is 221 g/mol. The van der Waals surface area contributed by atoms with Crippen LogP contribution in [0, 0.1) is 0 Å². The molecule has 0 saturated carbocycles. The summed E-state index contributed by atoms with van der Waals surface area (Å²) in [6.07, 6.45) is 6.18. The number of hydrogen-bond acceptors (Lipinski definition) is 2. The van der Waals surface area contributed by atoms with Crippen LogP contribution < -0.4 is 0 Å². The zero-order valence-electron chi connectivity index (χ0n) is 10.8. The van der Waals surface area contributed by atoms with Gasteiger partial charge in [-0.05, 0) is 32.3 Å². The first-order valence-electron chi connectivity index (χ1n) is 5.70. The first-order valence-corrected chi connectivity index (χ1v) is 5.70. The fraction of sp³-hybridized carbons (Fsp3) is 0.500. The fourth-order valence-corrected chi connectivity index (χ4v) is 1.25. The Kier molecular flexibility index (Phi) is 7.27. The Balaban J connectivity index is 3.81. The van der Waals surface area contributed by atoms with Gasteiger partial charge in [0.2, 0.25) is 0 Å². The molecule has 0 radical (unpaired) electrons. The van der Waals surface area contributed by atoms with Crippen molar-refractivity contribution in [3.05, 3.63) is 36.6 Å². The Morgan fingerprint density at radius 3 is 2.50 bits per heavy atom. The minimum absolute atomic E-state index is 0.0873. The average molecular weight is 221 g/mol. The molecule has 0 aromatic heterocycles. The molecule has 0 aromatic carbocycles. The van der Waals surface area contributed by atoms with Crippen LogP contribution in [-0.4, -0.2) is 24.3 Å². The molecule has 0 fully saturated rings. The van der Waals surface area contributed by atoms with Crippen molar-refractivity contribution in [2.45, 2.75) is 33.1 Å². The molecular weight excluding hydrogens is 198 g/mol. The van der Waals surface area contributed by atoms with Crippen molar-refractivity contribution in [2.75, 3.05) is 13.6 Å². The number of hydrogen-bond donors (Lipinski definition) is 0. The minimum Gasteiger partial charge on any atom is -0.378 e. The number of ketones is 1. The van der Waals surface area contributed by atoms with E-state index in [9.17, 15) is 4.79 Å². The maximum absolute atomic E-state index is 10.7. The molecule has 90 valence electrons. The van der Waals surface area contributed by atoms with Gasteiger partial charge in [-0.3, -0.25) is 4.79 Å². The van der Waals surface area contributed by atoms with Crippen LogP contribution >= 0.6 is 0 Å². The Morgan fingerprint density at radius 1 is 1.38 bits per heavy atom. The lowest BCUT2D eigenvalue weighted by Crippen LogP contribution is -2.18. The number of allylic oxidation sites excluding steroid dienone is 3. The van der Waals surface area contributed by atoms with Crippen molar-refractivity contribution in [2.24, 2.45) is 0 Å². The van der Waals surface area contributed by atoms with Gasteiger partial charge in [0.15, 0.2) is 5.78 Å². The highest BCUT2D eigenvalue weighted by Crippen LogP contribution is 2.09. The zero-order chi connectivity index (χ0) is 12.6. The summed E-state index contributed by atoms with van der Waals surface area (Å²) in [4.78, 5) is 12.8. The highest BCUT2D eigenvalue weighted by molar-refractivity contribution is 5.87. The van der Waals surface area contributed by atoms with Gasteiger partial charge < -0.3 is 4.90 Å². The molecule has 0 rings (SSSR count). The van der Waals surface area contributed by atoms with Crippen LogP contribution in [0.5, 0.6) is 0 Å². The van der Waals surface area contributed by atoms with Crippen LogP contribution in [0.2, 0.25) is 0 Å². The number of nitrogens with zero attached hydrogens (tertiary/aromatic N) is 1. The van der Waals surface area contributed by atoms with E-state index in [0.717, 1.165) is 37.1 Å². The van der Waals surface area contributed by atoms with Gasteiger partial charge >= 0.3 is 0 Å². The van der Waals surface area contributed by atoms with E-state index in [4.69, 9.17) is 0 Å². The maximum Gasteiger partial charge on any atom is 0.152 e. The second-order valence-electron chi connectivity index (χ2n) is 4.06. The Labute approximate surface area is 99.3 Å². The predicted octanol–water partition coefficient (Wildman–Crippen LogP) is 3.32. The molecule has 0 unspecified atom stereocenters. The third-order valence-electron chi connectivity index (χ3n) is 2.51. The molecule has 0 spiro atoms. The summed E-state index contributed by atoms with van der Waals surface area (Å²) >= 11 is 0. The molecule has 0 heterocycles. The van der Waals surface area contributed by atoms with Gasteiger partial charge in [-0.1, -0.05) is 31.7 Å². The number of rotatable bonds is 8. The van der Waals surface area contributed by atoms with E-state index < -0.39 is 0 Å². The van der Waals surface area contributed by atoms with E-state index >= 15 is 0 Å². The van der Waals surface area contributed by atoms with Gasteiger partial charge in [-0.15, -0.1) is 0 Å². The van der Waals surface area contributed by atoms with Crippen LogP contribution in [0.15, 0.2) is 36.6 Å². The van der Waals surface area contributed by atoms with Crippen molar-refractivity contribution in [1.82, 2.24) is 4.90 Å². The normalized spacial score (nSPS) is 10.4. The lowest BCUT2D eigenvalue weighted by Gasteiger charge is -2.20. The predicted molar refractivity (Wildman–Crippen MR) is 70.3 cm³/mol. The van der Waals surface area contributed by atoms with Crippen LogP contribution in [-0.2, 0) is 4.79 Å². The van der Waals surface area contributed by atoms with Crippen LogP contribution in [0.3, 0.4) is 0 Å². The quantitative estimate of drug-likeness (QED) is 0.463. The Hall–Kier alpha value is -1.31. The van der Waals surface area contributed by atoms with Crippen LogP contribution in [0.1, 0.15) is 33.1 Å². The standard InChI is InChI=1S/C14H23NO/c1-6-13(3)15(5)11-10-12(2)8-7-9-14(4)16/h7,9H,2-3,6,8,10-11H2,1,4-5H3/b9-7-. The smallest absolute Gasteiger partial charge is 0.152 e. The highest BCUT2D eigenvalue weighted by atomic mass is 16.1. The summed E-state index contributed by atoms with van der Waals surface area (Å²) in [7, 11) is 2.05.